The fraction of sp³-hybridized carbons (Fsp3) is 0.515. The van der Waals surface area contributed by atoms with Crippen LogP contribution < -0.4 is 10.2 Å². The predicted octanol–water partition coefficient (Wildman–Crippen LogP) is 5.03. The first-order chi connectivity index (χ1) is 19.6. The molecule has 3 aliphatic rings. The first-order valence-electron chi connectivity index (χ1n) is 15.1. The first kappa shape index (κ1) is 27.6. The Morgan fingerprint density at radius 1 is 1.07 bits per heavy atom. The molecule has 6 rings (SSSR count). The van der Waals surface area contributed by atoms with E-state index in [4.69, 9.17) is 5.10 Å². The maximum Gasteiger partial charge on any atom is 0.259 e. The summed E-state index contributed by atoms with van der Waals surface area (Å²) in [4.78, 5) is 42.0. The van der Waals surface area contributed by atoms with Crippen LogP contribution in [0, 0.1) is 5.41 Å². The highest BCUT2D eigenvalue weighted by Crippen LogP contribution is 2.41. The monoisotopic (exact) mass is 555 g/mol. The number of nitrogens with zero attached hydrogens (tertiary/aromatic N) is 4. The molecule has 0 aliphatic carbocycles. The van der Waals surface area contributed by atoms with Gasteiger partial charge < -0.3 is 4.90 Å². The molecule has 4 heterocycles. The normalized spacial score (nSPS) is 21.1. The lowest BCUT2D eigenvalue weighted by atomic mass is 9.82. The number of benzene rings is 2. The van der Waals surface area contributed by atoms with E-state index in [1.54, 1.807) is 4.90 Å². The number of carbonyl (C=O) groups excluding carboxylic acids is 3. The molecule has 1 aromatic heterocycles. The van der Waals surface area contributed by atoms with Crippen LogP contribution in [0.4, 0.5) is 5.69 Å². The van der Waals surface area contributed by atoms with Gasteiger partial charge in [-0.15, -0.1) is 0 Å². The number of likely N-dealkylation sites (tertiary alicyclic amines) is 1. The zero-order valence-corrected chi connectivity index (χ0v) is 24.7. The Bertz CT molecular complexity index is 1510. The summed E-state index contributed by atoms with van der Waals surface area (Å²) in [6, 6.07) is 9.15. The van der Waals surface area contributed by atoms with E-state index in [1.807, 2.05) is 24.4 Å². The number of amides is 3. The van der Waals surface area contributed by atoms with E-state index in [2.05, 4.69) is 60.9 Å². The molecule has 8 heteroatoms. The molecule has 3 aliphatic heterocycles. The van der Waals surface area contributed by atoms with E-state index in [1.165, 1.54) is 12.8 Å². The molecule has 2 aromatic carbocycles. The van der Waals surface area contributed by atoms with Gasteiger partial charge in [0.1, 0.15) is 6.04 Å². The van der Waals surface area contributed by atoms with Gasteiger partial charge in [-0.05, 0) is 73.1 Å². The standard InChI is InChI=1S/C33H41N5O3/c1-5-32(3,6-2)21-36-16-14-33(4,15-17-36)37-20-22(19-34-37)18-23-10-11-26-29-24(23)8-7-9-25(29)31(41)38(26)27-12-13-28(39)35-30(27)40/h7-11,19-20,27H,5-6,12-18,21H2,1-4H3,(H,35,39,40). The second-order valence-electron chi connectivity index (χ2n) is 12.9. The molecule has 0 saturated carbocycles. The Kier molecular flexibility index (Phi) is 7.00. The zero-order valence-electron chi connectivity index (χ0n) is 24.7. The highest BCUT2D eigenvalue weighted by molar-refractivity contribution is 6.27. The molecule has 0 spiro atoms. The van der Waals surface area contributed by atoms with Crippen molar-refractivity contribution in [1.82, 2.24) is 20.0 Å². The van der Waals surface area contributed by atoms with Crippen LogP contribution in [0.2, 0.25) is 0 Å². The number of anilines is 1. The molecule has 2 fully saturated rings. The van der Waals surface area contributed by atoms with Crippen LogP contribution in [0.15, 0.2) is 42.7 Å². The van der Waals surface area contributed by atoms with Gasteiger partial charge in [0.2, 0.25) is 11.8 Å². The topological polar surface area (TPSA) is 87.5 Å². The van der Waals surface area contributed by atoms with Crippen LogP contribution in [0.5, 0.6) is 0 Å². The SMILES string of the molecule is CCC(C)(CC)CN1CCC(C)(n2cc(Cc3ccc4c5c(cccc35)C(=O)N4C3CCC(=O)NC3=O)cn2)CC1. The Morgan fingerprint density at radius 3 is 2.54 bits per heavy atom. The van der Waals surface area contributed by atoms with E-state index in [9.17, 15) is 14.4 Å². The van der Waals surface area contributed by atoms with Crippen LogP contribution in [-0.4, -0.2) is 58.1 Å². The van der Waals surface area contributed by atoms with E-state index < -0.39 is 11.9 Å². The quantitative estimate of drug-likeness (QED) is 0.394. The number of imide groups is 1. The predicted molar refractivity (Wildman–Crippen MR) is 160 cm³/mol. The molecule has 1 N–H and O–H groups in total. The minimum Gasteiger partial charge on any atom is -0.303 e. The number of hydrogen-bond donors (Lipinski definition) is 1. The van der Waals surface area contributed by atoms with E-state index in [0.29, 0.717) is 23.8 Å². The fourth-order valence-electron chi connectivity index (χ4n) is 6.86. The number of aromatic nitrogens is 2. The van der Waals surface area contributed by atoms with Crippen LogP contribution in [0.25, 0.3) is 10.8 Å². The molecule has 0 bridgehead atoms. The van der Waals surface area contributed by atoms with Crippen LogP contribution >= 0.6 is 0 Å². The van der Waals surface area contributed by atoms with Gasteiger partial charge in [-0.25, -0.2) is 0 Å². The molecule has 8 nitrogen and oxygen atoms in total. The number of carbonyl (C=O) groups is 3. The number of hydrogen-bond acceptors (Lipinski definition) is 5. The van der Waals surface area contributed by atoms with Crippen molar-refractivity contribution >= 4 is 34.2 Å². The lowest BCUT2D eigenvalue weighted by molar-refractivity contribution is -0.134. The molecule has 3 amide bonds. The molecule has 216 valence electrons. The van der Waals surface area contributed by atoms with Gasteiger partial charge in [0, 0.05) is 49.6 Å². The smallest absolute Gasteiger partial charge is 0.259 e. The highest BCUT2D eigenvalue weighted by atomic mass is 16.2. The summed E-state index contributed by atoms with van der Waals surface area (Å²) < 4.78 is 2.17. The van der Waals surface area contributed by atoms with Crippen molar-refractivity contribution in [3.8, 4) is 0 Å². The molecule has 1 unspecified atom stereocenters. The summed E-state index contributed by atoms with van der Waals surface area (Å²) >= 11 is 0. The zero-order chi connectivity index (χ0) is 28.9. The van der Waals surface area contributed by atoms with Crippen molar-refractivity contribution in [3.05, 3.63) is 59.4 Å². The van der Waals surface area contributed by atoms with Crippen LogP contribution in [-0.2, 0) is 21.5 Å². The van der Waals surface area contributed by atoms with Gasteiger partial charge in [-0.2, -0.15) is 5.10 Å². The maximum absolute atomic E-state index is 13.5. The van der Waals surface area contributed by atoms with E-state index >= 15 is 0 Å². The minimum absolute atomic E-state index is 0.000462. The molecule has 1 atom stereocenters. The molecule has 41 heavy (non-hydrogen) atoms. The second kappa shape index (κ2) is 10.4. The van der Waals surface area contributed by atoms with E-state index in [-0.39, 0.29) is 23.8 Å². The van der Waals surface area contributed by atoms with Gasteiger partial charge in [-0.3, -0.25) is 29.3 Å². The Hall–Kier alpha value is -3.52. The van der Waals surface area contributed by atoms with Crippen molar-refractivity contribution in [1.29, 1.82) is 0 Å². The van der Waals surface area contributed by atoms with Crippen LogP contribution in [0.1, 0.15) is 87.7 Å². The first-order valence-corrected chi connectivity index (χ1v) is 15.1. The van der Waals surface area contributed by atoms with Gasteiger partial charge in [0.05, 0.1) is 17.4 Å². The summed E-state index contributed by atoms with van der Waals surface area (Å²) in [5.74, 6) is -0.870. The molecular formula is C33H41N5O3. The lowest BCUT2D eigenvalue weighted by Gasteiger charge is -2.42. The van der Waals surface area contributed by atoms with Crippen molar-refractivity contribution in [3.63, 3.8) is 0 Å². The number of nitrogens with one attached hydrogen (secondary N) is 1. The Morgan fingerprint density at radius 2 is 1.83 bits per heavy atom. The van der Waals surface area contributed by atoms with Crippen molar-refractivity contribution in [2.24, 2.45) is 5.41 Å². The lowest BCUT2D eigenvalue weighted by Crippen LogP contribution is -2.53. The minimum atomic E-state index is -0.676. The third-order valence-corrected chi connectivity index (χ3v) is 10.2. The Balaban J connectivity index is 1.21. The average molecular weight is 556 g/mol. The van der Waals surface area contributed by atoms with Gasteiger partial charge in [0.25, 0.3) is 5.91 Å². The summed E-state index contributed by atoms with van der Waals surface area (Å²) in [5.41, 5.74) is 4.01. The summed E-state index contributed by atoms with van der Waals surface area (Å²) in [5, 5.41) is 9.13. The molecule has 0 radical (unpaired) electrons. The van der Waals surface area contributed by atoms with Gasteiger partial charge in [-0.1, -0.05) is 39.0 Å². The van der Waals surface area contributed by atoms with E-state index in [0.717, 1.165) is 60.1 Å². The Labute approximate surface area is 242 Å². The molecule has 2 saturated heterocycles. The van der Waals surface area contributed by atoms with Crippen molar-refractivity contribution in [2.75, 3.05) is 24.5 Å². The highest BCUT2D eigenvalue weighted by Gasteiger charge is 2.41. The largest absolute Gasteiger partial charge is 0.303 e. The van der Waals surface area contributed by atoms with Gasteiger partial charge >= 0.3 is 0 Å². The fourth-order valence-corrected chi connectivity index (χ4v) is 6.86. The van der Waals surface area contributed by atoms with Crippen molar-refractivity contribution < 1.29 is 14.4 Å². The average Bonchev–Trinajstić information content (AvgIpc) is 3.56. The van der Waals surface area contributed by atoms with Gasteiger partial charge in [0.15, 0.2) is 0 Å². The summed E-state index contributed by atoms with van der Waals surface area (Å²) in [6.07, 6.45) is 10.0. The summed E-state index contributed by atoms with van der Waals surface area (Å²) in [6.45, 7) is 12.7. The third kappa shape index (κ3) is 4.86. The summed E-state index contributed by atoms with van der Waals surface area (Å²) in [7, 11) is 0. The number of rotatable bonds is 8. The second-order valence-corrected chi connectivity index (χ2v) is 12.9. The number of piperidine rings is 2. The van der Waals surface area contributed by atoms with Crippen molar-refractivity contribution in [2.45, 2.75) is 84.2 Å². The maximum atomic E-state index is 13.5. The molecule has 3 aromatic rings. The molecular weight excluding hydrogens is 514 g/mol. The third-order valence-electron chi connectivity index (χ3n) is 10.2. The van der Waals surface area contributed by atoms with Crippen LogP contribution in [0.3, 0.4) is 0 Å².